The Kier molecular flexibility index (Phi) is 4.26. The van der Waals surface area contributed by atoms with E-state index in [2.05, 4.69) is 12.2 Å². The molecular weight excluding hydrogens is 364 g/mol. The van der Waals surface area contributed by atoms with Crippen molar-refractivity contribution in [1.29, 1.82) is 0 Å². The Morgan fingerprint density at radius 2 is 1.79 bits per heavy atom. The van der Waals surface area contributed by atoms with Gasteiger partial charge in [0, 0.05) is 0 Å². The molecule has 28 heavy (non-hydrogen) atoms. The fourth-order valence-electron chi connectivity index (χ4n) is 3.55. The largest absolute Gasteiger partial charge is 0.268 e. The summed E-state index contributed by atoms with van der Waals surface area (Å²) in [5.41, 5.74) is 4.34. The molecule has 0 atom stereocenters. The summed E-state index contributed by atoms with van der Waals surface area (Å²) in [5, 5.41) is 0. The molecule has 2 aromatic heterocycles. The Labute approximate surface area is 166 Å². The van der Waals surface area contributed by atoms with Crippen LogP contribution in [-0.4, -0.2) is 9.38 Å². The smallest absolute Gasteiger partial charge is 0.267 e. The van der Waals surface area contributed by atoms with Crippen LogP contribution < -0.4 is 5.56 Å². The van der Waals surface area contributed by atoms with Gasteiger partial charge >= 0.3 is 0 Å². The van der Waals surface area contributed by atoms with Gasteiger partial charge in [0.15, 0.2) is 4.96 Å². The number of nitrogens with zero attached hydrogens (tertiary/aromatic N) is 2. The third kappa shape index (κ3) is 2.92. The number of allylic oxidation sites excluding steroid dienone is 4. The monoisotopic (exact) mass is 382 g/mol. The van der Waals surface area contributed by atoms with Gasteiger partial charge in [-0.1, -0.05) is 78.1 Å². The summed E-state index contributed by atoms with van der Waals surface area (Å²) in [6.07, 6.45) is 12.2. The molecule has 0 saturated heterocycles. The van der Waals surface area contributed by atoms with Crippen molar-refractivity contribution in [2.45, 2.75) is 12.8 Å². The minimum atomic E-state index is -0.00652. The van der Waals surface area contributed by atoms with Crippen molar-refractivity contribution in [3.63, 3.8) is 0 Å². The van der Waals surface area contributed by atoms with E-state index in [1.165, 1.54) is 0 Å². The second kappa shape index (κ2) is 7.06. The van der Waals surface area contributed by atoms with E-state index in [-0.39, 0.29) is 5.56 Å². The molecule has 0 unspecified atom stereocenters. The second-order valence-electron chi connectivity index (χ2n) is 6.75. The summed E-state index contributed by atoms with van der Waals surface area (Å²) < 4.78 is 2.81. The van der Waals surface area contributed by atoms with Gasteiger partial charge in [0.25, 0.3) is 5.56 Å². The summed E-state index contributed by atoms with van der Waals surface area (Å²) in [7, 11) is 0. The quantitative estimate of drug-likeness (QED) is 0.448. The van der Waals surface area contributed by atoms with Crippen LogP contribution in [0.2, 0.25) is 0 Å². The molecule has 4 aromatic rings. The predicted molar refractivity (Wildman–Crippen MR) is 119 cm³/mol. The van der Waals surface area contributed by atoms with Crippen LogP contribution in [0.3, 0.4) is 0 Å². The van der Waals surface area contributed by atoms with Gasteiger partial charge in [0.1, 0.15) is 0 Å². The number of benzene rings is 2. The van der Waals surface area contributed by atoms with Crippen molar-refractivity contribution in [3.05, 3.63) is 100.0 Å². The van der Waals surface area contributed by atoms with Crippen molar-refractivity contribution in [3.8, 4) is 0 Å². The molecule has 0 amide bonds. The molecule has 4 heteroatoms. The van der Waals surface area contributed by atoms with Gasteiger partial charge < -0.3 is 0 Å². The van der Waals surface area contributed by atoms with E-state index in [1.54, 1.807) is 15.7 Å². The number of hydrogen-bond donors (Lipinski definition) is 0. The molecule has 5 rings (SSSR count). The predicted octanol–water partition coefficient (Wildman–Crippen LogP) is 5.81. The molecule has 1 aliphatic carbocycles. The molecular formula is C24H18N2OS. The molecule has 0 bridgehead atoms. The summed E-state index contributed by atoms with van der Waals surface area (Å²) in [4.78, 5) is 19.2. The first kappa shape index (κ1) is 16.9. The molecule has 0 radical (unpaired) electrons. The van der Waals surface area contributed by atoms with Crippen molar-refractivity contribution < 1.29 is 0 Å². The van der Waals surface area contributed by atoms with Crippen LogP contribution in [0.4, 0.5) is 0 Å². The maximum Gasteiger partial charge on any atom is 0.267 e. The highest BCUT2D eigenvalue weighted by Gasteiger charge is 2.17. The minimum Gasteiger partial charge on any atom is -0.268 e. The number of rotatable bonds is 3. The van der Waals surface area contributed by atoms with Gasteiger partial charge in [0.05, 0.1) is 21.5 Å². The number of fused-ring (bicyclic) bond motifs is 3. The third-order valence-electron chi connectivity index (χ3n) is 4.90. The van der Waals surface area contributed by atoms with E-state index < -0.39 is 0 Å². The molecule has 1 aliphatic rings. The van der Waals surface area contributed by atoms with E-state index in [9.17, 15) is 4.79 Å². The summed E-state index contributed by atoms with van der Waals surface area (Å²) in [6, 6.07) is 18.1. The van der Waals surface area contributed by atoms with Crippen molar-refractivity contribution in [2.24, 2.45) is 0 Å². The summed E-state index contributed by atoms with van der Waals surface area (Å²) in [6.45, 7) is 0. The minimum absolute atomic E-state index is 0.00652. The highest BCUT2D eigenvalue weighted by molar-refractivity contribution is 7.23. The highest BCUT2D eigenvalue weighted by atomic mass is 32.1. The lowest BCUT2D eigenvalue weighted by atomic mass is 9.98. The molecule has 2 aromatic carbocycles. The lowest BCUT2D eigenvalue weighted by molar-refractivity contribution is 1.03. The Hall–Kier alpha value is -3.24. The summed E-state index contributed by atoms with van der Waals surface area (Å²) >= 11 is 1.55. The lowest BCUT2D eigenvalue weighted by Gasteiger charge is -2.10. The zero-order chi connectivity index (χ0) is 18.9. The first-order chi connectivity index (χ1) is 13.8. The zero-order valence-corrected chi connectivity index (χ0v) is 16.0. The van der Waals surface area contributed by atoms with Gasteiger partial charge in [-0.05, 0) is 42.2 Å². The average Bonchev–Trinajstić information content (AvgIpc) is 3.12. The van der Waals surface area contributed by atoms with Crippen molar-refractivity contribution in [1.82, 2.24) is 9.38 Å². The Bertz CT molecular complexity index is 1320. The fraction of sp³-hybridized carbons (Fsp3) is 0.0833. The van der Waals surface area contributed by atoms with Gasteiger partial charge in [-0.2, -0.15) is 0 Å². The van der Waals surface area contributed by atoms with Crippen LogP contribution in [0, 0.1) is 0 Å². The SMILES string of the molecule is O=c1c(C2=CCCC=C2)c(/C=C/c2ccccc2)nc2sc3ccccc3n12. The second-order valence-corrected chi connectivity index (χ2v) is 7.76. The first-order valence-corrected chi connectivity index (χ1v) is 10.2. The van der Waals surface area contributed by atoms with Gasteiger partial charge in [0.2, 0.25) is 0 Å². The summed E-state index contributed by atoms with van der Waals surface area (Å²) in [5.74, 6) is 0. The zero-order valence-electron chi connectivity index (χ0n) is 15.2. The molecule has 2 heterocycles. The van der Waals surface area contributed by atoms with Crippen molar-refractivity contribution >= 4 is 44.2 Å². The average molecular weight is 382 g/mol. The first-order valence-electron chi connectivity index (χ1n) is 9.36. The Balaban J connectivity index is 1.79. The number of para-hydroxylation sites is 1. The molecule has 0 N–H and O–H groups in total. The van der Waals surface area contributed by atoms with Crippen LogP contribution in [-0.2, 0) is 0 Å². The lowest BCUT2D eigenvalue weighted by Crippen LogP contribution is -2.20. The van der Waals surface area contributed by atoms with Crippen LogP contribution in [0.25, 0.3) is 32.9 Å². The molecule has 3 nitrogen and oxygen atoms in total. The fourth-order valence-corrected chi connectivity index (χ4v) is 4.58. The van der Waals surface area contributed by atoms with Crippen LogP contribution in [0.5, 0.6) is 0 Å². The van der Waals surface area contributed by atoms with Crippen molar-refractivity contribution in [2.75, 3.05) is 0 Å². The van der Waals surface area contributed by atoms with E-state index in [4.69, 9.17) is 4.98 Å². The maximum atomic E-state index is 13.6. The maximum absolute atomic E-state index is 13.6. The molecule has 0 saturated carbocycles. The number of thiazole rings is 1. The highest BCUT2D eigenvalue weighted by Crippen LogP contribution is 2.28. The van der Waals surface area contributed by atoms with Crippen LogP contribution in [0.1, 0.15) is 29.7 Å². The van der Waals surface area contributed by atoms with Crippen LogP contribution >= 0.6 is 11.3 Å². The van der Waals surface area contributed by atoms with Gasteiger partial charge in [-0.25, -0.2) is 4.98 Å². The van der Waals surface area contributed by atoms with E-state index in [0.29, 0.717) is 5.56 Å². The van der Waals surface area contributed by atoms with Gasteiger partial charge in [-0.3, -0.25) is 9.20 Å². The third-order valence-corrected chi connectivity index (χ3v) is 5.93. The van der Waals surface area contributed by atoms with Crippen LogP contribution in [0.15, 0.2) is 77.6 Å². The number of aromatic nitrogens is 2. The molecule has 136 valence electrons. The number of hydrogen-bond acceptors (Lipinski definition) is 3. The van der Waals surface area contributed by atoms with E-state index in [0.717, 1.165) is 44.8 Å². The molecule has 0 aliphatic heterocycles. The molecule has 0 fully saturated rings. The van der Waals surface area contributed by atoms with E-state index in [1.807, 2.05) is 72.8 Å². The Morgan fingerprint density at radius 3 is 2.61 bits per heavy atom. The topological polar surface area (TPSA) is 34.4 Å². The standard InChI is InChI=1S/C24H18N2OS/c27-23-22(18-11-5-2-6-12-18)19(16-15-17-9-3-1-4-10-17)25-24-26(23)20-13-7-8-14-21(20)28-24/h1,3-5,7-16H,2,6H2/b16-15+. The van der Waals surface area contributed by atoms with E-state index >= 15 is 0 Å². The normalized spacial score (nSPS) is 14.2. The molecule has 0 spiro atoms. The Morgan fingerprint density at radius 1 is 0.964 bits per heavy atom. The van der Waals surface area contributed by atoms with Gasteiger partial charge in [-0.15, -0.1) is 0 Å².